The lowest BCUT2D eigenvalue weighted by Gasteiger charge is -2.19. The Balaban J connectivity index is 2.72. The Labute approximate surface area is 153 Å². The Kier molecular flexibility index (Phi) is 7.98. The van der Waals surface area contributed by atoms with Crippen LogP contribution in [0.1, 0.15) is 57.1 Å². The van der Waals surface area contributed by atoms with Gasteiger partial charge in [-0.25, -0.2) is 0 Å². The molecule has 0 atom stereocenters. The zero-order valence-corrected chi connectivity index (χ0v) is 15.7. The van der Waals surface area contributed by atoms with Crippen LogP contribution < -0.4 is 0 Å². The molecular weight excluding hydrogens is 300 g/mol. The van der Waals surface area contributed by atoms with Crippen LogP contribution in [-0.4, -0.2) is 0 Å². The van der Waals surface area contributed by atoms with Gasteiger partial charge in [0.1, 0.15) is 0 Å². The van der Waals surface area contributed by atoms with Crippen LogP contribution in [0.4, 0.5) is 0 Å². The zero-order valence-electron chi connectivity index (χ0n) is 15.7. The maximum atomic E-state index is 4.02. The zero-order chi connectivity index (χ0) is 17.9. The van der Waals surface area contributed by atoms with Crippen molar-refractivity contribution in [2.75, 3.05) is 0 Å². The van der Waals surface area contributed by atoms with Crippen molar-refractivity contribution in [3.63, 3.8) is 0 Å². The maximum Gasteiger partial charge on any atom is -0.00879 e. The van der Waals surface area contributed by atoms with Gasteiger partial charge in [-0.3, -0.25) is 0 Å². The van der Waals surface area contributed by atoms with Gasteiger partial charge in [0.05, 0.1) is 0 Å². The lowest BCUT2D eigenvalue weighted by Crippen LogP contribution is -1.97. The SMILES string of the molecule is C=CC/C(=C(\C(=C\CCC)CCC)c1ccccc1)c1ccccc1. The van der Waals surface area contributed by atoms with E-state index in [0.29, 0.717) is 0 Å². The highest BCUT2D eigenvalue weighted by atomic mass is 14.2. The van der Waals surface area contributed by atoms with Crippen LogP contribution >= 0.6 is 0 Å². The van der Waals surface area contributed by atoms with Gasteiger partial charge in [-0.05, 0) is 47.1 Å². The number of unbranched alkanes of at least 4 members (excludes halogenated alkanes) is 1. The first-order valence-electron chi connectivity index (χ1n) is 9.46. The fourth-order valence-corrected chi connectivity index (χ4v) is 3.22. The Morgan fingerprint density at radius 2 is 1.44 bits per heavy atom. The smallest absolute Gasteiger partial charge is 0.00879 e. The summed E-state index contributed by atoms with van der Waals surface area (Å²) < 4.78 is 0. The largest absolute Gasteiger partial charge is 0.103 e. The average molecular weight is 331 g/mol. The molecule has 0 aliphatic heterocycles. The highest BCUT2D eigenvalue weighted by molar-refractivity contribution is 5.98. The van der Waals surface area contributed by atoms with Gasteiger partial charge in [0.2, 0.25) is 0 Å². The molecule has 2 aromatic rings. The first-order valence-corrected chi connectivity index (χ1v) is 9.46. The summed E-state index contributed by atoms with van der Waals surface area (Å²) in [5.74, 6) is 0. The minimum atomic E-state index is 0.876. The molecule has 0 radical (unpaired) electrons. The summed E-state index contributed by atoms with van der Waals surface area (Å²) in [6.45, 7) is 8.52. The van der Waals surface area contributed by atoms with Crippen LogP contribution in [0.2, 0.25) is 0 Å². The topological polar surface area (TPSA) is 0 Å². The second kappa shape index (κ2) is 10.5. The fraction of sp³-hybridized carbons (Fsp3) is 0.280. The fourth-order valence-electron chi connectivity index (χ4n) is 3.22. The summed E-state index contributed by atoms with van der Waals surface area (Å²) >= 11 is 0. The molecule has 0 fully saturated rings. The highest BCUT2D eigenvalue weighted by Crippen LogP contribution is 2.36. The van der Waals surface area contributed by atoms with Crippen molar-refractivity contribution >= 4 is 11.1 Å². The van der Waals surface area contributed by atoms with Gasteiger partial charge in [0.25, 0.3) is 0 Å². The molecule has 0 nitrogen and oxygen atoms in total. The second-order valence-corrected chi connectivity index (χ2v) is 6.35. The lowest BCUT2D eigenvalue weighted by molar-refractivity contribution is 0.898. The maximum absolute atomic E-state index is 4.02. The predicted octanol–water partition coefficient (Wildman–Crippen LogP) is 7.70. The van der Waals surface area contributed by atoms with Gasteiger partial charge in [0.15, 0.2) is 0 Å². The number of rotatable bonds is 9. The highest BCUT2D eigenvalue weighted by Gasteiger charge is 2.14. The summed E-state index contributed by atoms with van der Waals surface area (Å²) in [6, 6.07) is 21.6. The monoisotopic (exact) mass is 330 g/mol. The summed E-state index contributed by atoms with van der Waals surface area (Å²) in [4.78, 5) is 0. The van der Waals surface area contributed by atoms with E-state index >= 15 is 0 Å². The van der Waals surface area contributed by atoms with E-state index in [4.69, 9.17) is 0 Å². The Bertz CT molecular complexity index is 702. The Hall–Kier alpha value is -2.34. The van der Waals surface area contributed by atoms with Gasteiger partial charge in [-0.2, -0.15) is 0 Å². The molecule has 0 aliphatic rings. The quantitative estimate of drug-likeness (QED) is 0.251. The first kappa shape index (κ1) is 19.0. The second-order valence-electron chi connectivity index (χ2n) is 6.35. The third-order valence-corrected chi connectivity index (χ3v) is 4.35. The first-order chi connectivity index (χ1) is 12.3. The molecule has 0 heterocycles. The van der Waals surface area contributed by atoms with Gasteiger partial charge in [-0.15, -0.1) is 6.58 Å². The van der Waals surface area contributed by atoms with Crippen molar-refractivity contribution in [2.24, 2.45) is 0 Å². The van der Waals surface area contributed by atoms with Crippen LogP contribution in [0.15, 0.2) is 85.0 Å². The number of hydrogen-bond donors (Lipinski definition) is 0. The molecule has 25 heavy (non-hydrogen) atoms. The minimum absolute atomic E-state index is 0.876. The molecular formula is C25H30. The normalized spacial score (nSPS) is 12.6. The molecule has 0 amide bonds. The van der Waals surface area contributed by atoms with Gasteiger partial charge in [-0.1, -0.05) is 99.5 Å². The van der Waals surface area contributed by atoms with E-state index in [1.807, 2.05) is 6.08 Å². The molecule has 2 aromatic carbocycles. The van der Waals surface area contributed by atoms with E-state index in [-0.39, 0.29) is 0 Å². The van der Waals surface area contributed by atoms with Gasteiger partial charge >= 0.3 is 0 Å². The van der Waals surface area contributed by atoms with E-state index in [0.717, 1.165) is 25.7 Å². The van der Waals surface area contributed by atoms with E-state index < -0.39 is 0 Å². The number of allylic oxidation sites excluding steroid dienone is 5. The van der Waals surface area contributed by atoms with Crippen LogP contribution in [0.5, 0.6) is 0 Å². The molecule has 0 aliphatic carbocycles. The van der Waals surface area contributed by atoms with Crippen molar-refractivity contribution in [3.05, 3.63) is 96.1 Å². The Morgan fingerprint density at radius 3 is 1.96 bits per heavy atom. The van der Waals surface area contributed by atoms with E-state index in [1.54, 1.807) is 0 Å². The molecule has 0 saturated carbocycles. The van der Waals surface area contributed by atoms with Gasteiger partial charge in [0, 0.05) is 0 Å². The van der Waals surface area contributed by atoms with Crippen molar-refractivity contribution in [3.8, 4) is 0 Å². The Morgan fingerprint density at radius 1 is 0.840 bits per heavy atom. The van der Waals surface area contributed by atoms with E-state index in [9.17, 15) is 0 Å². The third-order valence-electron chi connectivity index (χ3n) is 4.35. The summed E-state index contributed by atoms with van der Waals surface area (Å²) in [6.07, 6.45) is 9.91. The molecule has 0 aromatic heterocycles. The molecule has 0 heteroatoms. The van der Waals surface area contributed by atoms with Crippen molar-refractivity contribution in [1.29, 1.82) is 0 Å². The summed E-state index contributed by atoms with van der Waals surface area (Å²) in [5, 5.41) is 0. The average Bonchev–Trinajstić information content (AvgIpc) is 2.67. The standard InChI is InChI=1S/C25H30/c1-4-7-16-22(14-5-2)25(23-19-12-9-13-20-23)24(15-6-3)21-17-10-8-11-18-21/h6,8-13,16-20H,3-5,7,14-15H2,1-2H3/b22-16+,25-24-. The van der Waals surface area contributed by atoms with Crippen LogP contribution in [-0.2, 0) is 0 Å². The third kappa shape index (κ3) is 5.32. The molecule has 2 rings (SSSR count). The summed E-state index contributed by atoms with van der Waals surface area (Å²) in [5.41, 5.74) is 6.83. The molecule has 0 saturated heterocycles. The molecule has 0 N–H and O–H groups in total. The van der Waals surface area contributed by atoms with Crippen LogP contribution in [0.3, 0.4) is 0 Å². The van der Waals surface area contributed by atoms with Gasteiger partial charge < -0.3 is 0 Å². The predicted molar refractivity (Wildman–Crippen MR) is 112 cm³/mol. The van der Waals surface area contributed by atoms with Crippen LogP contribution in [0, 0.1) is 0 Å². The minimum Gasteiger partial charge on any atom is -0.103 e. The van der Waals surface area contributed by atoms with Crippen molar-refractivity contribution in [1.82, 2.24) is 0 Å². The number of benzene rings is 2. The van der Waals surface area contributed by atoms with Crippen LogP contribution in [0.25, 0.3) is 11.1 Å². The van der Waals surface area contributed by atoms with Crippen molar-refractivity contribution in [2.45, 2.75) is 46.0 Å². The number of hydrogen-bond acceptors (Lipinski definition) is 0. The van der Waals surface area contributed by atoms with Crippen molar-refractivity contribution < 1.29 is 0 Å². The molecule has 0 spiro atoms. The lowest BCUT2D eigenvalue weighted by atomic mass is 9.85. The van der Waals surface area contributed by atoms with E-state index in [2.05, 4.69) is 87.2 Å². The molecule has 0 unspecified atom stereocenters. The van der Waals surface area contributed by atoms with E-state index in [1.165, 1.54) is 34.3 Å². The summed E-state index contributed by atoms with van der Waals surface area (Å²) in [7, 11) is 0. The molecule has 130 valence electrons. The molecule has 0 bridgehead atoms.